The molecule has 1 aliphatic heterocycles. The summed E-state index contributed by atoms with van der Waals surface area (Å²) in [5.41, 5.74) is 0.513. The van der Waals surface area contributed by atoms with Crippen molar-refractivity contribution >= 4 is 0 Å². The van der Waals surface area contributed by atoms with Crippen LogP contribution in [0.25, 0.3) is 0 Å². The lowest BCUT2D eigenvalue weighted by Crippen LogP contribution is -2.52. The summed E-state index contributed by atoms with van der Waals surface area (Å²) in [5, 5.41) is 4.01. The second-order valence-corrected chi connectivity index (χ2v) is 6.78. The Kier molecular flexibility index (Phi) is 5.54. The minimum Gasteiger partial charge on any atom is -0.311 e. The van der Waals surface area contributed by atoms with Crippen molar-refractivity contribution in [1.29, 1.82) is 0 Å². The fourth-order valence-corrected chi connectivity index (χ4v) is 4.54. The van der Waals surface area contributed by atoms with E-state index in [1.807, 2.05) is 0 Å². The molecule has 0 bridgehead atoms. The van der Waals surface area contributed by atoms with Crippen LogP contribution >= 0.6 is 0 Å². The number of rotatable bonds is 4. The van der Waals surface area contributed by atoms with Crippen LogP contribution in [0.3, 0.4) is 0 Å². The third-order valence-corrected chi connectivity index (χ3v) is 5.61. The lowest BCUT2D eigenvalue weighted by molar-refractivity contribution is 0.113. The first-order chi connectivity index (χ1) is 8.80. The van der Waals surface area contributed by atoms with Crippen molar-refractivity contribution < 1.29 is 0 Å². The Balaban J connectivity index is 2.06. The Morgan fingerprint density at radius 2 is 1.94 bits per heavy atom. The Morgan fingerprint density at radius 3 is 2.72 bits per heavy atom. The largest absolute Gasteiger partial charge is 0.311 e. The van der Waals surface area contributed by atoms with Gasteiger partial charge in [-0.1, -0.05) is 52.4 Å². The Morgan fingerprint density at radius 1 is 1.06 bits per heavy atom. The van der Waals surface area contributed by atoms with Gasteiger partial charge >= 0.3 is 0 Å². The summed E-state index contributed by atoms with van der Waals surface area (Å²) >= 11 is 0. The molecule has 1 saturated heterocycles. The average molecular weight is 251 g/mol. The Hall–Kier alpha value is -0.0400. The molecule has 3 atom stereocenters. The molecule has 2 fully saturated rings. The Labute approximate surface area is 114 Å². The highest BCUT2D eigenvalue weighted by molar-refractivity contribution is 4.97. The fraction of sp³-hybridized carbons (Fsp3) is 1.00. The summed E-state index contributed by atoms with van der Waals surface area (Å²) in [5.74, 6) is 1.98. The second-order valence-electron chi connectivity index (χ2n) is 6.78. The van der Waals surface area contributed by atoms with Crippen LogP contribution in [0.5, 0.6) is 0 Å². The van der Waals surface area contributed by atoms with Gasteiger partial charge in [0.15, 0.2) is 0 Å². The third kappa shape index (κ3) is 3.29. The highest BCUT2D eigenvalue weighted by atomic mass is 15.0. The van der Waals surface area contributed by atoms with Crippen LogP contribution in [0.15, 0.2) is 0 Å². The molecule has 1 heteroatoms. The Bertz CT molecular complexity index is 228. The molecule has 106 valence electrons. The van der Waals surface area contributed by atoms with Crippen LogP contribution in [-0.2, 0) is 0 Å². The van der Waals surface area contributed by atoms with Gasteiger partial charge in [0, 0.05) is 5.54 Å². The van der Waals surface area contributed by atoms with Crippen LogP contribution in [-0.4, -0.2) is 12.1 Å². The van der Waals surface area contributed by atoms with Crippen molar-refractivity contribution in [3.8, 4) is 0 Å². The van der Waals surface area contributed by atoms with Crippen LogP contribution in [0.2, 0.25) is 0 Å². The monoisotopic (exact) mass is 251 g/mol. The lowest BCUT2D eigenvalue weighted by atomic mass is 9.67. The lowest BCUT2D eigenvalue weighted by Gasteiger charge is -2.45. The molecular weight excluding hydrogens is 218 g/mol. The van der Waals surface area contributed by atoms with Gasteiger partial charge in [-0.2, -0.15) is 0 Å². The first kappa shape index (κ1) is 14.4. The molecule has 1 heterocycles. The molecule has 3 unspecified atom stereocenters. The zero-order chi connectivity index (χ0) is 12.8. The molecule has 2 aliphatic rings. The summed E-state index contributed by atoms with van der Waals surface area (Å²) in [6.45, 7) is 6.03. The minimum atomic E-state index is 0.513. The summed E-state index contributed by atoms with van der Waals surface area (Å²) in [6, 6.07) is 0. The maximum Gasteiger partial charge on any atom is 0.0209 e. The highest BCUT2D eigenvalue weighted by Crippen LogP contribution is 2.42. The summed E-state index contributed by atoms with van der Waals surface area (Å²) in [4.78, 5) is 0. The van der Waals surface area contributed by atoms with Gasteiger partial charge < -0.3 is 5.32 Å². The second kappa shape index (κ2) is 6.93. The third-order valence-electron chi connectivity index (χ3n) is 5.61. The van der Waals surface area contributed by atoms with E-state index in [0.717, 1.165) is 11.8 Å². The van der Waals surface area contributed by atoms with E-state index in [1.165, 1.54) is 77.2 Å². The van der Waals surface area contributed by atoms with Crippen molar-refractivity contribution in [1.82, 2.24) is 5.32 Å². The number of nitrogens with one attached hydrogen (secondary N) is 1. The molecular formula is C17H33N. The van der Waals surface area contributed by atoms with Gasteiger partial charge in [-0.15, -0.1) is 0 Å². The molecule has 0 aromatic rings. The summed E-state index contributed by atoms with van der Waals surface area (Å²) in [7, 11) is 0. The van der Waals surface area contributed by atoms with E-state index in [9.17, 15) is 0 Å². The topological polar surface area (TPSA) is 12.0 Å². The molecule has 1 nitrogen and oxygen atoms in total. The molecule has 1 aliphatic carbocycles. The fourth-order valence-electron chi connectivity index (χ4n) is 4.54. The SMILES string of the molecule is CCCC1(C2CCCC(CC)C2)CCCCCN1. The molecule has 0 spiro atoms. The van der Waals surface area contributed by atoms with Crippen molar-refractivity contribution in [2.24, 2.45) is 11.8 Å². The van der Waals surface area contributed by atoms with Gasteiger partial charge in [-0.05, 0) is 50.5 Å². The van der Waals surface area contributed by atoms with Crippen LogP contribution in [0, 0.1) is 11.8 Å². The van der Waals surface area contributed by atoms with Gasteiger partial charge in [0.05, 0.1) is 0 Å². The molecule has 18 heavy (non-hydrogen) atoms. The van der Waals surface area contributed by atoms with Gasteiger partial charge in [-0.3, -0.25) is 0 Å². The number of hydrogen-bond donors (Lipinski definition) is 1. The van der Waals surface area contributed by atoms with Gasteiger partial charge in [0.1, 0.15) is 0 Å². The van der Waals surface area contributed by atoms with E-state index in [2.05, 4.69) is 19.2 Å². The van der Waals surface area contributed by atoms with Crippen molar-refractivity contribution in [2.75, 3.05) is 6.54 Å². The average Bonchev–Trinajstić information content (AvgIpc) is 2.66. The number of hydrogen-bond acceptors (Lipinski definition) is 1. The van der Waals surface area contributed by atoms with Gasteiger partial charge in [-0.25, -0.2) is 0 Å². The van der Waals surface area contributed by atoms with E-state index in [1.54, 1.807) is 0 Å². The minimum absolute atomic E-state index is 0.513. The molecule has 0 aromatic heterocycles. The first-order valence-electron chi connectivity index (χ1n) is 8.55. The molecule has 1 N–H and O–H groups in total. The van der Waals surface area contributed by atoms with Crippen LogP contribution in [0.4, 0.5) is 0 Å². The van der Waals surface area contributed by atoms with Gasteiger partial charge in [0.2, 0.25) is 0 Å². The molecule has 1 saturated carbocycles. The normalized spacial score (nSPS) is 38.3. The smallest absolute Gasteiger partial charge is 0.0209 e. The predicted molar refractivity (Wildman–Crippen MR) is 79.8 cm³/mol. The highest BCUT2D eigenvalue weighted by Gasteiger charge is 2.39. The van der Waals surface area contributed by atoms with Crippen molar-refractivity contribution in [2.45, 2.75) is 90.0 Å². The molecule has 0 radical (unpaired) electrons. The van der Waals surface area contributed by atoms with E-state index < -0.39 is 0 Å². The maximum atomic E-state index is 4.01. The quantitative estimate of drug-likeness (QED) is 0.749. The standard InChI is InChI=1S/C17H33N/c1-3-11-17(12-6-5-7-13-18-17)16-10-8-9-15(4-2)14-16/h15-16,18H,3-14H2,1-2H3. The maximum absolute atomic E-state index is 4.01. The summed E-state index contributed by atoms with van der Waals surface area (Å²) < 4.78 is 0. The van der Waals surface area contributed by atoms with Crippen molar-refractivity contribution in [3.63, 3.8) is 0 Å². The van der Waals surface area contributed by atoms with Crippen LogP contribution in [0.1, 0.15) is 84.5 Å². The zero-order valence-electron chi connectivity index (χ0n) is 12.6. The van der Waals surface area contributed by atoms with E-state index in [4.69, 9.17) is 0 Å². The van der Waals surface area contributed by atoms with Crippen molar-refractivity contribution in [3.05, 3.63) is 0 Å². The van der Waals surface area contributed by atoms with Crippen LogP contribution < -0.4 is 5.32 Å². The zero-order valence-corrected chi connectivity index (χ0v) is 12.6. The van der Waals surface area contributed by atoms with E-state index in [0.29, 0.717) is 5.54 Å². The van der Waals surface area contributed by atoms with E-state index in [-0.39, 0.29) is 0 Å². The van der Waals surface area contributed by atoms with E-state index >= 15 is 0 Å². The molecule has 0 aromatic carbocycles. The predicted octanol–water partition coefficient (Wildman–Crippen LogP) is 4.91. The summed E-state index contributed by atoms with van der Waals surface area (Å²) in [6.07, 6.45) is 15.9. The first-order valence-corrected chi connectivity index (χ1v) is 8.55. The van der Waals surface area contributed by atoms with Gasteiger partial charge in [0.25, 0.3) is 0 Å². The molecule has 2 rings (SSSR count). The molecule has 0 amide bonds.